The Labute approximate surface area is 106 Å². The molecular formula is C13H16N4O. The van der Waals surface area contributed by atoms with Crippen LogP contribution in [0.2, 0.25) is 0 Å². The Morgan fingerprint density at radius 2 is 1.89 bits per heavy atom. The fourth-order valence-electron chi connectivity index (χ4n) is 1.66. The van der Waals surface area contributed by atoms with Gasteiger partial charge in [-0.25, -0.2) is 9.69 Å². The number of hydrogen-bond acceptors (Lipinski definition) is 3. The molecule has 0 unspecified atom stereocenters. The van der Waals surface area contributed by atoms with Gasteiger partial charge in [0.2, 0.25) is 0 Å². The predicted octanol–water partition coefficient (Wildman–Crippen LogP) is 1.39. The summed E-state index contributed by atoms with van der Waals surface area (Å²) in [5, 5.41) is 5.84. The molecule has 0 aliphatic carbocycles. The van der Waals surface area contributed by atoms with Crippen molar-refractivity contribution in [1.29, 1.82) is 0 Å². The van der Waals surface area contributed by atoms with Crippen molar-refractivity contribution in [3.05, 3.63) is 47.8 Å². The predicted molar refractivity (Wildman–Crippen MR) is 69.5 cm³/mol. The standard InChI is InChI=1S/C13H16N4O/c1-10-8-9-14-17(10)12-6-4-11(5-7-12)13(18)15-16(2)3/h4-9H,1-3H3,(H,15,18). The summed E-state index contributed by atoms with van der Waals surface area (Å²) in [4.78, 5) is 11.7. The zero-order valence-electron chi connectivity index (χ0n) is 10.7. The fourth-order valence-corrected chi connectivity index (χ4v) is 1.66. The number of carbonyl (C=O) groups excluding carboxylic acids is 1. The summed E-state index contributed by atoms with van der Waals surface area (Å²) in [6.45, 7) is 1.99. The van der Waals surface area contributed by atoms with E-state index < -0.39 is 0 Å². The number of carbonyl (C=O) groups is 1. The lowest BCUT2D eigenvalue weighted by molar-refractivity contribution is 0.0857. The van der Waals surface area contributed by atoms with E-state index in [-0.39, 0.29) is 5.91 Å². The number of amides is 1. The van der Waals surface area contributed by atoms with Crippen molar-refractivity contribution in [3.63, 3.8) is 0 Å². The van der Waals surface area contributed by atoms with Crippen LogP contribution in [-0.2, 0) is 0 Å². The first-order valence-electron chi connectivity index (χ1n) is 5.67. The topological polar surface area (TPSA) is 50.2 Å². The summed E-state index contributed by atoms with van der Waals surface area (Å²) in [6.07, 6.45) is 1.75. The van der Waals surface area contributed by atoms with Gasteiger partial charge in [-0.15, -0.1) is 0 Å². The molecule has 0 bridgehead atoms. The molecule has 1 amide bonds. The zero-order valence-corrected chi connectivity index (χ0v) is 10.7. The van der Waals surface area contributed by atoms with E-state index in [1.807, 2.05) is 29.8 Å². The largest absolute Gasteiger partial charge is 0.285 e. The van der Waals surface area contributed by atoms with Gasteiger partial charge in [0, 0.05) is 31.5 Å². The summed E-state index contributed by atoms with van der Waals surface area (Å²) in [7, 11) is 3.55. The molecule has 1 N–H and O–H groups in total. The molecule has 0 radical (unpaired) electrons. The SMILES string of the molecule is Cc1ccnn1-c1ccc(C(=O)NN(C)C)cc1. The average molecular weight is 244 g/mol. The number of hydrogen-bond donors (Lipinski definition) is 1. The maximum atomic E-state index is 11.7. The molecule has 18 heavy (non-hydrogen) atoms. The first-order chi connectivity index (χ1) is 8.58. The van der Waals surface area contributed by atoms with E-state index in [0.29, 0.717) is 5.56 Å². The minimum atomic E-state index is -0.122. The van der Waals surface area contributed by atoms with Crippen LogP contribution in [0.5, 0.6) is 0 Å². The van der Waals surface area contributed by atoms with Gasteiger partial charge < -0.3 is 0 Å². The maximum absolute atomic E-state index is 11.7. The maximum Gasteiger partial charge on any atom is 0.265 e. The van der Waals surface area contributed by atoms with Gasteiger partial charge in [0.25, 0.3) is 5.91 Å². The van der Waals surface area contributed by atoms with Crippen LogP contribution < -0.4 is 5.43 Å². The van der Waals surface area contributed by atoms with Crippen LogP contribution in [0.3, 0.4) is 0 Å². The lowest BCUT2D eigenvalue weighted by Crippen LogP contribution is -2.36. The number of rotatable bonds is 3. The summed E-state index contributed by atoms with van der Waals surface area (Å²) >= 11 is 0. The zero-order chi connectivity index (χ0) is 13.1. The third kappa shape index (κ3) is 2.57. The summed E-state index contributed by atoms with van der Waals surface area (Å²) in [5.74, 6) is -0.122. The highest BCUT2D eigenvalue weighted by molar-refractivity contribution is 5.93. The molecule has 5 nitrogen and oxygen atoms in total. The van der Waals surface area contributed by atoms with Crippen molar-refractivity contribution in [2.45, 2.75) is 6.92 Å². The Kier molecular flexibility index (Phi) is 3.43. The second-order valence-corrected chi connectivity index (χ2v) is 4.27. The lowest BCUT2D eigenvalue weighted by Gasteiger charge is -2.12. The molecule has 1 aromatic heterocycles. The number of nitrogens with one attached hydrogen (secondary N) is 1. The van der Waals surface area contributed by atoms with Crippen molar-refractivity contribution < 1.29 is 4.79 Å². The first-order valence-corrected chi connectivity index (χ1v) is 5.67. The number of benzene rings is 1. The van der Waals surface area contributed by atoms with Crippen LogP contribution >= 0.6 is 0 Å². The Morgan fingerprint density at radius 3 is 2.39 bits per heavy atom. The Morgan fingerprint density at radius 1 is 1.22 bits per heavy atom. The molecule has 0 aliphatic rings. The third-order valence-corrected chi connectivity index (χ3v) is 2.53. The Bertz CT molecular complexity index is 542. The number of aryl methyl sites for hydroxylation is 1. The highest BCUT2D eigenvalue weighted by atomic mass is 16.2. The van der Waals surface area contributed by atoms with E-state index in [4.69, 9.17) is 0 Å². The quantitative estimate of drug-likeness (QED) is 0.830. The van der Waals surface area contributed by atoms with Crippen LogP contribution in [0.25, 0.3) is 5.69 Å². The molecule has 0 aliphatic heterocycles. The van der Waals surface area contributed by atoms with Crippen molar-refractivity contribution in [1.82, 2.24) is 20.2 Å². The van der Waals surface area contributed by atoms with E-state index in [9.17, 15) is 4.79 Å². The van der Waals surface area contributed by atoms with Crippen molar-refractivity contribution in [2.75, 3.05) is 14.1 Å². The molecule has 0 saturated heterocycles. The van der Waals surface area contributed by atoms with Crippen molar-refractivity contribution in [2.24, 2.45) is 0 Å². The minimum Gasteiger partial charge on any atom is -0.285 e. The van der Waals surface area contributed by atoms with Gasteiger partial charge in [-0.3, -0.25) is 10.2 Å². The van der Waals surface area contributed by atoms with E-state index in [1.165, 1.54) is 0 Å². The van der Waals surface area contributed by atoms with E-state index >= 15 is 0 Å². The van der Waals surface area contributed by atoms with Crippen molar-refractivity contribution in [3.8, 4) is 5.69 Å². The van der Waals surface area contributed by atoms with Gasteiger partial charge in [0.1, 0.15) is 0 Å². The Balaban J connectivity index is 2.21. The minimum absolute atomic E-state index is 0.122. The van der Waals surface area contributed by atoms with Gasteiger partial charge in [-0.05, 0) is 37.3 Å². The highest BCUT2D eigenvalue weighted by Crippen LogP contribution is 2.11. The molecule has 0 atom stereocenters. The summed E-state index contributed by atoms with van der Waals surface area (Å²) in [5.41, 5.74) is 5.32. The molecule has 1 heterocycles. The second kappa shape index (κ2) is 5.01. The molecular weight excluding hydrogens is 228 g/mol. The van der Waals surface area contributed by atoms with Crippen LogP contribution in [-0.4, -0.2) is 34.8 Å². The number of nitrogens with zero attached hydrogens (tertiary/aromatic N) is 3. The van der Waals surface area contributed by atoms with Gasteiger partial charge >= 0.3 is 0 Å². The molecule has 2 rings (SSSR count). The monoisotopic (exact) mass is 244 g/mol. The molecule has 0 fully saturated rings. The van der Waals surface area contributed by atoms with E-state index in [2.05, 4.69) is 10.5 Å². The molecule has 0 saturated carbocycles. The number of hydrazine groups is 1. The molecule has 0 spiro atoms. The molecule has 5 heteroatoms. The van der Waals surface area contributed by atoms with Gasteiger partial charge in [-0.1, -0.05) is 0 Å². The number of aromatic nitrogens is 2. The second-order valence-electron chi connectivity index (χ2n) is 4.27. The summed E-state index contributed by atoms with van der Waals surface area (Å²) < 4.78 is 1.83. The van der Waals surface area contributed by atoms with Crippen molar-refractivity contribution >= 4 is 5.91 Å². The van der Waals surface area contributed by atoms with E-state index in [1.54, 1.807) is 37.4 Å². The van der Waals surface area contributed by atoms with Crippen LogP contribution in [0, 0.1) is 6.92 Å². The molecule has 1 aromatic carbocycles. The van der Waals surface area contributed by atoms with Gasteiger partial charge in [-0.2, -0.15) is 5.10 Å². The third-order valence-electron chi connectivity index (χ3n) is 2.53. The summed E-state index contributed by atoms with van der Waals surface area (Å²) in [6, 6.07) is 9.27. The van der Waals surface area contributed by atoms with Gasteiger partial charge in [0.15, 0.2) is 0 Å². The fraction of sp³-hybridized carbons (Fsp3) is 0.231. The average Bonchev–Trinajstić information content (AvgIpc) is 2.75. The van der Waals surface area contributed by atoms with Crippen LogP contribution in [0.15, 0.2) is 36.5 Å². The molecule has 94 valence electrons. The molecule has 2 aromatic rings. The smallest absolute Gasteiger partial charge is 0.265 e. The van der Waals surface area contributed by atoms with Crippen LogP contribution in [0.1, 0.15) is 16.1 Å². The highest BCUT2D eigenvalue weighted by Gasteiger charge is 2.07. The normalized spacial score (nSPS) is 10.7. The first kappa shape index (κ1) is 12.3. The Hall–Kier alpha value is -2.14. The van der Waals surface area contributed by atoms with Crippen LogP contribution in [0.4, 0.5) is 0 Å². The van der Waals surface area contributed by atoms with Gasteiger partial charge in [0.05, 0.1) is 5.69 Å². The van der Waals surface area contributed by atoms with E-state index in [0.717, 1.165) is 11.4 Å². The lowest BCUT2D eigenvalue weighted by atomic mass is 10.2.